The molecule has 1 aliphatic heterocycles. The van der Waals surface area contributed by atoms with Gasteiger partial charge in [0, 0.05) is 12.6 Å². The van der Waals surface area contributed by atoms with Gasteiger partial charge in [-0.2, -0.15) is 0 Å². The van der Waals surface area contributed by atoms with Crippen molar-refractivity contribution >= 4 is 0 Å². The van der Waals surface area contributed by atoms with E-state index in [0.29, 0.717) is 12.1 Å². The van der Waals surface area contributed by atoms with E-state index >= 15 is 0 Å². The summed E-state index contributed by atoms with van der Waals surface area (Å²) in [6.07, 6.45) is 11.0. The molecule has 1 saturated heterocycles. The summed E-state index contributed by atoms with van der Waals surface area (Å²) in [4.78, 5) is 0. The first-order valence-corrected chi connectivity index (χ1v) is 6.23. The number of nitrogens with two attached hydrogens (primary N) is 1. The topological polar surface area (TPSA) is 35.2 Å². The lowest BCUT2D eigenvalue weighted by Gasteiger charge is -2.33. The predicted molar refractivity (Wildman–Crippen MR) is 58.1 cm³/mol. The summed E-state index contributed by atoms with van der Waals surface area (Å²) in [5.74, 6) is 0.901. The molecule has 0 aromatic carbocycles. The van der Waals surface area contributed by atoms with Gasteiger partial charge in [-0.3, -0.25) is 0 Å². The molecule has 2 fully saturated rings. The zero-order chi connectivity index (χ0) is 9.80. The van der Waals surface area contributed by atoms with Crippen LogP contribution in [0.2, 0.25) is 0 Å². The Bertz CT molecular complexity index is 166. The largest absolute Gasteiger partial charge is 0.377 e. The molecule has 2 atom stereocenters. The molecule has 0 aromatic heterocycles. The van der Waals surface area contributed by atoms with E-state index in [4.69, 9.17) is 10.5 Å². The fourth-order valence-electron chi connectivity index (χ4n) is 2.86. The number of hydrogen-bond donors (Lipinski definition) is 1. The Labute approximate surface area is 87.2 Å². The summed E-state index contributed by atoms with van der Waals surface area (Å²) < 4.78 is 5.77. The van der Waals surface area contributed by atoms with Crippen LogP contribution >= 0.6 is 0 Å². The molecular weight excluding hydrogens is 174 g/mol. The van der Waals surface area contributed by atoms with Crippen molar-refractivity contribution in [2.75, 3.05) is 6.61 Å². The molecule has 2 aliphatic rings. The molecule has 1 saturated carbocycles. The van der Waals surface area contributed by atoms with Crippen LogP contribution in [0, 0.1) is 5.92 Å². The van der Waals surface area contributed by atoms with Gasteiger partial charge in [-0.25, -0.2) is 0 Å². The molecule has 2 rings (SSSR count). The molecule has 1 heterocycles. The van der Waals surface area contributed by atoms with Crippen molar-refractivity contribution < 1.29 is 4.74 Å². The Balaban J connectivity index is 1.76. The van der Waals surface area contributed by atoms with Crippen LogP contribution in [0.4, 0.5) is 0 Å². The Morgan fingerprint density at radius 1 is 1.00 bits per heavy atom. The van der Waals surface area contributed by atoms with Crippen LogP contribution < -0.4 is 5.73 Å². The van der Waals surface area contributed by atoms with E-state index in [-0.39, 0.29) is 0 Å². The van der Waals surface area contributed by atoms with Crippen LogP contribution in [-0.2, 0) is 4.74 Å². The van der Waals surface area contributed by atoms with Crippen molar-refractivity contribution in [2.45, 2.75) is 63.5 Å². The minimum Gasteiger partial charge on any atom is -0.377 e. The smallest absolute Gasteiger partial charge is 0.0728 e. The summed E-state index contributed by atoms with van der Waals surface area (Å²) >= 11 is 0. The van der Waals surface area contributed by atoms with Gasteiger partial charge in [0.15, 0.2) is 0 Å². The lowest BCUT2D eigenvalue weighted by atomic mass is 9.83. The third kappa shape index (κ3) is 2.71. The molecule has 1 aliphatic carbocycles. The molecule has 2 heteroatoms. The van der Waals surface area contributed by atoms with Crippen LogP contribution in [-0.4, -0.2) is 18.8 Å². The molecule has 82 valence electrons. The molecule has 0 aromatic rings. The maximum atomic E-state index is 6.07. The third-order valence-electron chi connectivity index (χ3n) is 3.78. The van der Waals surface area contributed by atoms with E-state index in [2.05, 4.69) is 0 Å². The molecule has 2 nitrogen and oxygen atoms in total. The monoisotopic (exact) mass is 197 g/mol. The second-order valence-corrected chi connectivity index (χ2v) is 4.96. The van der Waals surface area contributed by atoms with Gasteiger partial charge in [-0.15, -0.1) is 0 Å². The maximum absolute atomic E-state index is 6.07. The van der Waals surface area contributed by atoms with Gasteiger partial charge >= 0.3 is 0 Å². The van der Waals surface area contributed by atoms with E-state index in [0.717, 1.165) is 25.4 Å². The van der Waals surface area contributed by atoms with E-state index in [1.165, 1.54) is 38.5 Å². The SMILES string of the molecule is NC1CCCOC1CC1CCCCC1. The van der Waals surface area contributed by atoms with E-state index in [9.17, 15) is 0 Å². The van der Waals surface area contributed by atoms with Crippen LogP contribution in [0.5, 0.6) is 0 Å². The lowest BCUT2D eigenvalue weighted by molar-refractivity contribution is -0.0153. The zero-order valence-corrected chi connectivity index (χ0v) is 9.08. The summed E-state index contributed by atoms with van der Waals surface area (Å²) in [7, 11) is 0. The average molecular weight is 197 g/mol. The van der Waals surface area contributed by atoms with Crippen molar-refractivity contribution in [1.29, 1.82) is 0 Å². The van der Waals surface area contributed by atoms with Gasteiger partial charge in [0.05, 0.1) is 6.10 Å². The average Bonchev–Trinajstić information content (AvgIpc) is 2.23. The van der Waals surface area contributed by atoms with Crippen LogP contribution in [0.1, 0.15) is 51.4 Å². The van der Waals surface area contributed by atoms with E-state index < -0.39 is 0 Å². The first-order chi connectivity index (χ1) is 6.86. The minimum absolute atomic E-state index is 0.311. The second kappa shape index (κ2) is 5.13. The number of hydrogen-bond acceptors (Lipinski definition) is 2. The van der Waals surface area contributed by atoms with Crippen molar-refractivity contribution in [1.82, 2.24) is 0 Å². The van der Waals surface area contributed by atoms with Crippen LogP contribution in [0.25, 0.3) is 0 Å². The Hall–Kier alpha value is -0.0800. The van der Waals surface area contributed by atoms with Crippen molar-refractivity contribution in [3.63, 3.8) is 0 Å². The summed E-state index contributed by atoms with van der Waals surface area (Å²) in [6, 6.07) is 0.311. The summed E-state index contributed by atoms with van der Waals surface area (Å²) in [5.41, 5.74) is 6.07. The van der Waals surface area contributed by atoms with Crippen molar-refractivity contribution in [2.24, 2.45) is 11.7 Å². The van der Waals surface area contributed by atoms with E-state index in [1.54, 1.807) is 0 Å². The molecule has 0 radical (unpaired) electrons. The van der Waals surface area contributed by atoms with Gasteiger partial charge in [0.2, 0.25) is 0 Å². The molecule has 2 unspecified atom stereocenters. The van der Waals surface area contributed by atoms with Gasteiger partial charge in [-0.05, 0) is 25.2 Å². The maximum Gasteiger partial charge on any atom is 0.0728 e. The lowest BCUT2D eigenvalue weighted by Crippen LogP contribution is -2.41. The standard InChI is InChI=1S/C12H23NO/c13-11-7-4-8-14-12(11)9-10-5-2-1-3-6-10/h10-12H,1-9,13H2. The van der Waals surface area contributed by atoms with Gasteiger partial charge in [0.25, 0.3) is 0 Å². The Kier molecular flexibility index (Phi) is 3.82. The molecule has 0 bridgehead atoms. The number of ether oxygens (including phenoxy) is 1. The highest BCUT2D eigenvalue weighted by atomic mass is 16.5. The summed E-state index contributed by atoms with van der Waals surface area (Å²) in [5, 5.41) is 0. The molecule has 2 N–H and O–H groups in total. The fraction of sp³-hybridized carbons (Fsp3) is 1.00. The van der Waals surface area contributed by atoms with Gasteiger partial charge in [0.1, 0.15) is 0 Å². The Morgan fingerprint density at radius 2 is 1.79 bits per heavy atom. The second-order valence-electron chi connectivity index (χ2n) is 4.96. The third-order valence-corrected chi connectivity index (χ3v) is 3.78. The molecule has 0 spiro atoms. The highest BCUT2D eigenvalue weighted by molar-refractivity contribution is 4.80. The fourth-order valence-corrected chi connectivity index (χ4v) is 2.86. The van der Waals surface area contributed by atoms with Crippen LogP contribution in [0.3, 0.4) is 0 Å². The first-order valence-electron chi connectivity index (χ1n) is 6.23. The van der Waals surface area contributed by atoms with Gasteiger partial charge in [-0.1, -0.05) is 32.1 Å². The quantitative estimate of drug-likeness (QED) is 0.738. The molecule has 0 amide bonds. The first kappa shape index (κ1) is 10.4. The number of rotatable bonds is 2. The zero-order valence-electron chi connectivity index (χ0n) is 9.08. The highest BCUT2D eigenvalue weighted by Gasteiger charge is 2.26. The van der Waals surface area contributed by atoms with Crippen molar-refractivity contribution in [3.8, 4) is 0 Å². The molecule has 14 heavy (non-hydrogen) atoms. The Morgan fingerprint density at radius 3 is 2.50 bits per heavy atom. The normalized spacial score (nSPS) is 35.8. The van der Waals surface area contributed by atoms with E-state index in [1.807, 2.05) is 0 Å². The molecular formula is C12H23NO. The van der Waals surface area contributed by atoms with Crippen molar-refractivity contribution in [3.05, 3.63) is 0 Å². The minimum atomic E-state index is 0.311. The predicted octanol–water partition coefficient (Wildman–Crippen LogP) is 2.46. The van der Waals surface area contributed by atoms with Crippen LogP contribution in [0.15, 0.2) is 0 Å². The summed E-state index contributed by atoms with van der Waals surface area (Å²) in [6.45, 7) is 0.936. The van der Waals surface area contributed by atoms with Gasteiger partial charge < -0.3 is 10.5 Å². The highest BCUT2D eigenvalue weighted by Crippen LogP contribution is 2.30.